The van der Waals surface area contributed by atoms with Gasteiger partial charge >= 0.3 is 6.18 Å². The number of carbonyl (C=O) groups is 1. The van der Waals surface area contributed by atoms with Crippen molar-refractivity contribution in [3.8, 4) is 0 Å². The molecule has 0 aliphatic heterocycles. The third kappa shape index (κ3) is 5.95. The number of nitrogens with one attached hydrogen (secondary N) is 2. The van der Waals surface area contributed by atoms with Crippen LogP contribution in [0.2, 0.25) is 0 Å². The Morgan fingerprint density at radius 1 is 1.10 bits per heavy atom. The average molecular weight is 288 g/mol. The first-order valence-corrected chi connectivity index (χ1v) is 6.30. The van der Waals surface area contributed by atoms with E-state index in [4.69, 9.17) is 0 Å². The minimum Gasteiger partial charge on any atom is -0.385 e. The molecule has 0 atom stereocenters. The van der Waals surface area contributed by atoms with Gasteiger partial charge in [-0.15, -0.1) is 0 Å². The molecule has 112 valence electrons. The largest absolute Gasteiger partial charge is 0.416 e. The van der Waals surface area contributed by atoms with Crippen LogP contribution >= 0.6 is 0 Å². The summed E-state index contributed by atoms with van der Waals surface area (Å²) in [7, 11) is 0. The Balaban J connectivity index is 2.42. The summed E-state index contributed by atoms with van der Waals surface area (Å²) >= 11 is 0. The fraction of sp³-hybridized carbons (Fsp3) is 0.500. The first-order chi connectivity index (χ1) is 9.08. The lowest BCUT2D eigenvalue weighted by Crippen LogP contribution is -2.41. The number of benzene rings is 1. The fourth-order valence-electron chi connectivity index (χ4n) is 1.58. The maximum absolute atomic E-state index is 12.4. The molecule has 0 saturated carbocycles. The van der Waals surface area contributed by atoms with Gasteiger partial charge in [0.15, 0.2) is 0 Å². The van der Waals surface area contributed by atoms with Crippen molar-refractivity contribution in [2.45, 2.75) is 38.9 Å². The third-order valence-electron chi connectivity index (χ3n) is 2.41. The van der Waals surface area contributed by atoms with Crippen LogP contribution in [0.1, 0.15) is 32.8 Å². The molecule has 0 unspecified atom stereocenters. The molecule has 0 aromatic heterocycles. The van der Waals surface area contributed by atoms with Crippen LogP contribution in [0.5, 0.6) is 0 Å². The van der Waals surface area contributed by atoms with E-state index >= 15 is 0 Å². The van der Waals surface area contributed by atoms with E-state index in [9.17, 15) is 18.0 Å². The summed E-state index contributed by atoms with van der Waals surface area (Å²) in [6, 6.07) is 4.73. The Labute approximate surface area is 116 Å². The topological polar surface area (TPSA) is 41.1 Å². The molecule has 0 spiro atoms. The maximum Gasteiger partial charge on any atom is 0.416 e. The van der Waals surface area contributed by atoms with Crippen LogP contribution in [0, 0.1) is 0 Å². The average Bonchev–Trinajstić information content (AvgIpc) is 2.26. The molecule has 0 aliphatic carbocycles. The lowest BCUT2D eigenvalue weighted by Gasteiger charge is -2.20. The highest BCUT2D eigenvalue weighted by Crippen LogP contribution is 2.29. The Morgan fingerprint density at radius 3 is 2.10 bits per heavy atom. The molecule has 0 bridgehead atoms. The summed E-state index contributed by atoms with van der Waals surface area (Å²) in [5, 5.41) is 5.72. The van der Waals surface area contributed by atoms with Crippen LogP contribution in [-0.4, -0.2) is 18.0 Å². The number of amides is 1. The molecule has 1 aromatic carbocycles. The molecule has 2 N–H and O–H groups in total. The summed E-state index contributed by atoms with van der Waals surface area (Å²) in [5.74, 6) is -0.100. The van der Waals surface area contributed by atoms with Gasteiger partial charge in [-0.25, -0.2) is 0 Å². The van der Waals surface area contributed by atoms with Crippen molar-refractivity contribution in [2.75, 3.05) is 11.9 Å². The zero-order valence-electron chi connectivity index (χ0n) is 11.8. The number of alkyl halides is 3. The quantitative estimate of drug-likeness (QED) is 0.891. The van der Waals surface area contributed by atoms with E-state index in [0.717, 1.165) is 12.1 Å². The van der Waals surface area contributed by atoms with Crippen LogP contribution in [0.3, 0.4) is 0 Å². The molecule has 3 nitrogen and oxygen atoms in total. The summed E-state index contributed by atoms with van der Waals surface area (Å²) in [6.45, 7) is 6.02. The second kappa shape index (κ2) is 6.15. The molecular weight excluding hydrogens is 269 g/mol. The molecule has 0 saturated heterocycles. The number of anilines is 1. The van der Waals surface area contributed by atoms with Crippen molar-refractivity contribution in [1.29, 1.82) is 0 Å². The van der Waals surface area contributed by atoms with Crippen molar-refractivity contribution in [3.05, 3.63) is 29.8 Å². The van der Waals surface area contributed by atoms with Gasteiger partial charge in [-0.05, 0) is 45.0 Å². The van der Waals surface area contributed by atoms with E-state index in [1.807, 2.05) is 20.8 Å². The summed E-state index contributed by atoms with van der Waals surface area (Å²) < 4.78 is 37.1. The van der Waals surface area contributed by atoms with Crippen molar-refractivity contribution in [3.63, 3.8) is 0 Å². The zero-order chi connectivity index (χ0) is 15.4. The molecular formula is C14H19F3N2O. The zero-order valence-corrected chi connectivity index (χ0v) is 11.8. The van der Waals surface area contributed by atoms with Crippen molar-refractivity contribution in [1.82, 2.24) is 5.32 Å². The number of rotatable bonds is 4. The number of hydrogen-bond acceptors (Lipinski definition) is 2. The van der Waals surface area contributed by atoms with Gasteiger partial charge in [-0.2, -0.15) is 13.2 Å². The van der Waals surface area contributed by atoms with Gasteiger partial charge in [0.1, 0.15) is 0 Å². The van der Waals surface area contributed by atoms with Crippen molar-refractivity contribution < 1.29 is 18.0 Å². The Morgan fingerprint density at radius 2 is 1.65 bits per heavy atom. The SMILES string of the molecule is CC(C)(C)NC(=O)CCNc1ccc(C(F)(F)F)cc1. The van der Waals surface area contributed by atoms with Gasteiger partial charge in [0.25, 0.3) is 0 Å². The van der Waals surface area contributed by atoms with Gasteiger partial charge in [0.2, 0.25) is 5.91 Å². The summed E-state index contributed by atoms with van der Waals surface area (Å²) in [4.78, 5) is 11.5. The second-order valence-electron chi connectivity index (χ2n) is 5.55. The molecule has 0 radical (unpaired) electrons. The smallest absolute Gasteiger partial charge is 0.385 e. The van der Waals surface area contributed by atoms with Gasteiger partial charge in [-0.3, -0.25) is 4.79 Å². The van der Waals surface area contributed by atoms with E-state index in [-0.39, 0.29) is 17.9 Å². The third-order valence-corrected chi connectivity index (χ3v) is 2.41. The van der Waals surface area contributed by atoms with Gasteiger partial charge < -0.3 is 10.6 Å². The van der Waals surface area contributed by atoms with Gasteiger partial charge in [0.05, 0.1) is 5.56 Å². The highest BCUT2D eigenvalue weighted by Gasteiger charge is 2.29. The molecule has 0 fully saturated rings. The van der Waals surface area contributed by atoms with E-state index < -0.39 is 11.7 Å². The molecule has 1 rings (SSSR count). The summed E-state index contributed by atoms with van der Waals surface area (Å²) in [5.41, 5.74) is -0.416. The predicted molar refractivity (Wildman–Crippen MR) is 72.4 cm³/mol. The molecule has 6 heteroatoms. The lowest BCUT2D eigenvalue weighted by atomic mass is 10.1. The molecule has 0 heterocycles. The standard InChI is InChI=1S/C14H19F3N2O/c1-13(2,3)19-12(20)8-9-18-11-6-4-10(5-7-11)14(15,16)17/h4-7,18H,8-9H2,1-3H3,(H,19,20). The van der Waals surface area contributed by atoms with Crippen LogP contribution in [0.15, 0.2) is 24.3 Å². The maximum atomic E-state index is 12.4. The molecule has 1 aromatic rings. The van der Waals surface area contributed by atoms with Gasteiger partial charge in [0, 0.05) is 24.2 Å². The minimum absolute atomic E-state index is 0.100. The Kier molecular flexibility index (Phi) is 5.03. The highest BCUT2D eigenvalue weighted by molar-refractivity contribution is 5.77. The van der Waals surface area contributed by atoms with Crippen LogP contribution in [-0.2, 0) is 11.0 Å². The normalized spacial score (nSPS) is 12.1. The fourth-order valence-corrected chi connectivity index (χ4v) is 1.58. The number of hydrogen-bond donors (Lipinski definition) is 2. The highest BCUT2D eigenvalue weighted by atomic mass is 19.4. The predicted octanol–water partition coefficient (Wildman–Crippen LogP) is 3.42. The first kappa shape index (κ1) is 16.3. The Bertz CT molecular complexity index is 447. The molecule has 1 amide bonds. The van der Waals surface area contributed by atoms with Gasteiger partial charge in [-0.1, -0.05) is 0 Å². The molecule has 20 heavy (non-hydrogen) atoms. The first-order valence-electron chi connectivity index (χ1n) is 6.30. The molecule has 0 aliphatic rings. The Hall–Kier alpha value is -1.72. The number of halogens is 3. The number of carbonyl (C=O) groups excluding carboxylic acids is 1. The second-order valence-corrected chi connectivity index (χ2v) is 5.55. The van der Waals surface area contributed by atoms with E-state index in [1.165, 1.54) is 12.1 Å². The lowest BCUT2D eigenvalue weighted by molar-refractivity contribution is -0.137. The monoisotopic (exact) mass is 288 g/mol. The van der Waals surface area contributed by atoms with E-state index in [0.29, 0.717) is 12.2 Å². The van der Waals surface area contributed by atoms with E-state index in [2.05, 4.69) is 10.6 Å². The van der Waals surface area contributed by atoms with E-state index in [1.54, 1.807) is 0 Å². The minimum atomic E-state index is -4.33. The van der Waals surface area contributed by atoms with Crippen molar-refractivity contribution in [2.24, 2.45) is 0 Å². The van der Waals surface area contributed by atoms with Crippen LogP contribution in [0.4, 0.5) is 18.9 Å². The van der Waals surface area contributed by atoms with Crippen LogP contribution in [0.25, 0.3) is 0 Å². The summed E-state index contributed by atoms with van der Waals surface area (Å²) in [6.07, 6.45) is -4.07. The van der Waals surface area contributed by atoms with Crippen molar-refractivity contribution >= 4 is 11.6 Å². The van der Waals surface area contributed by atoms with Crippen LogP contribution < -0.4 is 10.6 Å².